The van der Waals surface area contributed by atoms with Crippen LogP contribution in [-0.2, 0) is 4.79 Å². The molecule has 1 aromatic carbocycles. The van der Waals surface area contributed by atoms with Gasteiger partial charge in [-0.1, -0.05) is 11.3 Å². The van der Waals surface area contributed by atoms with Crippen LogP contribution in [0.5, 0.6) is 0 Å². The summed E-state index contributed by atoms with van der Waals surface area (Å²) in [5, 5.41) is 17.0. The Hall–Kier alpha value is -2.44. The van der Waals surface area contributed by atoms with Gasteiger partial charge in [0.2, 0.25) is 5.91 Å². The van der Waals surface area contributed by atoms with Gasteiger partial charge in [0.25, 0.3) is 0 Å². The van der Waals surface area contributed by atoms with Gasteiger partial charge in [-0.15, -0.1) is 5.10 Å². The molecule has 98 valence electrons. The summed E-state index contributed by atoms with van der Waals surface area (Å²) >= 11 is 0. The number of nitrogens with zero attached hydrogens (tertiary/aromatic N) is 4. The predicted molar refractivity (Wildman–Crippen MR) is 65.8 cm³/mol. The molecule has 3 rings (SSSR count). The van der Waals surface area contributed by atoms with E-state index in [0.29, 0.717) is 24.0 Å². The van der Waals surface area contributed by atoms with Gasteiger partial charge < -0.3 is 10.0 Å². The molecule has 1 aromatic heterocycles. The molecule has 19 heavy (non-hydrogen) atoms. The highest BCUT2D eigenvalue weighted by molar-refractivity contribution is 6.01. The molecular weight excluding hydrogens is 248 g/mol. The molecule has 2 aromatic rings. The van der Waals surface area contributed by atoms with E-state index in [0.717, 1.165) is 0 Å². The van der Waals surface area contributed by atoms with Crippen LogP contribution in [0.25, 0.3) is 11.0 Å². The van der Waals surface area contributed by atoms with Gasteiger partial charge in [-0.25, -0.2) is 9.48 Å². The Balaban J connectivity index is 2.14. The molecule has 1 N–H and O–H groups in total. The summed E-state index contributed by atoms with van der Waals surface area (Å²) < 4.78 is 1.52. The van der Waals surface area contributed by atoms with Crippen LogP contribution in [0, 0.1) is 0 Å². The third-order valence-corrected chi connectivity index (χ3v) is 3.43. The average Bonchev–Trinajstić information content (AvgIpc) is 2.94. The lowest BCUT2D eigenvalue weighted by molar-refractivity contribution is -0.129. The Kier molecular flexibility index (Phi) is 2.48. The molecule has 1 amide bonds. The predicted octanol–water partition coefficient (Wildman–Crippen LogP) is 0.533. The first-order valence-corrected chi connectivity index (χ1v) is 5.92. The molecule has 1 unspecified atom stereocenters. The van der Waals surface area contributed by atoms with Crippen LogP contribution < -0.4 is 0 Å². The van der Waals surface area contributed by atoms with Gasteiger partial charge in [0, 0.05) is 13.6 Å². The van der Waals surface area contributed by atoms with Crippen LogP contribution in [0.1, 0.15) is 22.8 Å². The zero-order valence-corrected chi connectivity index (χ0v) is 10.3. The summed E-state index contributed by atoms with van der Waals surface area (Å²) in [7, 11) is 1.74. The first-order chi connectivity index (χ1) is 9.09. The van der Waals surface area contributed by atoms with Crippen molar-refractivity contribution in [1.82, 2.24) is 19.9 Å². The fourth-order valence-electron chi connectivity index (χ4n) is 2.40. The van der Waals surface area contributed by atoms with Crippen molar-refractivity contribution in [3.63, 3.8) is 0 Å². The molecule has 1 atom stereocenters. The Morgan fingerprint density at radius 2 is 2.26 bits per heavy atom. The minimum absolute atomic E-state index is 0.0208. The minimum atomic E-state index is -1.05. The second kappa shape index (κ2) is 4.04. The number of likely N-dealkylation sites (tertiary alicyclic amines) is 1. The van der Waals surface area contributed by atoms with Gasteiger partial charge in [0.05, 0.1) is 11.1 Å². The highest BCUT2D eigenvalue weighted by Crippen LogP contribution is 2.26. The van der Waals surface area contributed by atoms with E-state index in [1.165, 1.54) is 10.7 Å². The monoisotopic (exact) mass is 260 g/mol. The number of fused-ring (bicyclic) bond motifs is 1. The number of hydrogen-bond donors (Lipinski definition) is 1. The van der Waals surface area contributed by atoms with Gasteiger partial charge in [-0.05, 0) is 18.6 Å². The highest BCUT2D eigenvalue weighted by atomic mass is 16.4. The van der Waals surface area contributed by atoms with E-state index in [-0.39, 0.29) is 17.5 Å². The van der Waals surface area contributed by atoms with Gasteiger partial charge in [-0.2, -0.15) is 0 Å². The topological polar surface area (TPSA) is 88.3 Å². The quantitative estimate of drug-likeness (QED) is 0.851. The number of carbonyl (C=O) groups excluding carboxylic acids is 1. The van der Waals surface area contributed by atoms with Crippen molar-refractivity contribution in [3.05, 3.63) is 23.8 Å². The Bertz CT molecular complexity index is 679. The van der Waals surface area contributed by atoms with Crippen LogP contribution in [-0.4, -0.2) is 50.5 Å². The SMILES string of the molecule is CN1CCC(n2nnc3c(C(=O)O)cccc32)C1=O. The standard InChI is InChI=1S/C12H12N4O3/c1-15-6-5-9(11(15)17)16-8-4-2-3-7(12(18)19)10(8)13-14-16/h2-4,9H,5-6H2,1H3,(H,18,19). The average molecular weight is 260 g/mol. The molecule has 1 saturated heterocycles. The van der Waals surface area contributed by atoms with E-state index < -0.39 is 5.97 Å². The largest absolute Gasteiger partial charge is 0.478 e. The Labute approximate surface area is 108 Å². The second-order valence-electron chi connectivity index (χ2n) is 4.58. The van der Waals surface area contributed by atoms with E-state index in [4.69, 9.17) is 5.11 Å². The lowest BCUT2D eigenvalue weighted by atomic mass is 10.1. The fourth-order valence-corrected chi connectivity index (χ4v) is 2.40. The molecule has 0 radical (unpaired) electrons. The zero-order valence-electron chi connectivity index (χ0n) is 10.3. The summed E-state index contributed by atoms with van der Waals surface area (Å²) in [6.07, 6.45) is 0.658. The second-order valence-corrected chi connectivity index (χ2v) is 4.58. The van der Waals surface area contributed by atoms with E-state index in [1.807, 2.05) is 0 Å². The molecule has 1 aliphatic rings. The third-order valence-electron chi connectivity index (χ3n) is 3.43. The van der Waals surface area contributed by atoms with Crippen LogP contribution in [0.15, 0.2) is 18.2 Å². The number of aromatic carboxylic acids is 1. The highest BCUT2D eigenvalue weighted by Gasteiger charge is 2.32. The van der Waals surface area contributed by atoms with Crippen molar-refractivity contribution in [1.29, 1.82) is 0 Å². The van der Waals surface area contributed by atoms with E-state index in [1.54, 1.807) is 24.1 Å². The van der Waals surface area contributed by atoms with Crippen LogP contribution in [0.4, 0.5) is 0 Å². The number of likely N-dealkylation sites (N-methyl/N-ethyl adjacent to an activating group) is 1. The number of aromatic nitrogens is 3. The van der Waals surface area contributed by atoms with E-state index >= 15 is 0 Å². The smallest absolute Gasteiger partial charge is 0.338 e. The van der Waals surface area contributed by atoms with Crippen molar-refractivity contribution in [2.75, 3.05) is 13.6 Å². The van der Waals surface area contributed by atoms with Crippen molar-refractivity contribution < 1.29 is 14.7 Å². The van der Waals surface area contributed by atoms with Crippen LogP contribution in [0.3, 0.4) is 0 Å². The molecule has 0 saturated carbocycles. The lowest BCUT2D eigenvalue weighted by Crippen LogP contribution is -2.25. The van der Waals surface area contributed by atoms with Gasteiger partial charge in [0.1, 0.15) is 11.6 Å². The number of carboxylic acid groups (broad SMARTS) is 1. The van der Waals surface area contributed by atoms with Crippen molar-refractivity contribution in [2.24, 2.45) is 0 Å². The zero-order chi connectivity index (χ0) is 13.6. The summed E-state index contributed by atoms with van der Waals surface area (Å²) in [6, 6.07) is 4.45. The summed E-state index contributed by atoms with van der Waals surface area (Å²) in [6.45, 7) is 0.670. The van der Waals surface area contributed by atoms with Crippen molar-refractivity contribution in [2.45, 2.75) is 12.5 Å². The lowest BCUT2D eigenvalue weighted by Gasteiger charge is -2.10. The molecule has 0 aliphatic carbocycles. The van der Waals surface area contributed by atoms with E-state index in [9.17, 15) is 9.59 Å². The molecule has 7 heteroatoms. The van der Waals surface area contributed by atoms with Crippen LogP contribution >= 0.6 is 0 Å². The normalized spacial score (nSPS) is 19.3. The summed E-state index contributed by atoms with van der Waals surface area (Å²) in [5.41, 5.74) is 0.994. The number of hydrogen-bond acceptors (Lipinski definition) is 4. The van der Waals surface area contributed by atoms with Gasteiger partial charge in [-0.3, -0.25) is 4.79 Å². The number of amides is 1. The first-order valence-electron chi connectivity index (χ1n) is 5.92. The summed E-state index contributed by atoms with van der Waals surface area (Å²) in [4.78, 5) is 24.7. The maximum atomic E-state index is 12.0. The van der Waals surface area contributed by atoms with Gasteiger partial charge in [0.15, 0.2) is 0 Å². The number of benzene rings is 1. The van der Waals surface area contributed by atoms with Crippen molar-refractivity contribution >= 4 is 22.9 Å². The molecule has 7 nitrogen and oxygen atoms in total. The van der Waals surface area contributed by atoms with Crippen LogP contribution in [0.2, 0.25) is 0 Å². The van der Waals surface area contributed by atoms with E-state index in [2.05, 4.69) is 10.3 Å². The molecule has 2 heterocycles. The Morgan fingerprint density at radius 3 is 2.89 bits per heavy atom. The Morgan fingerprint density at radius 1 is 1.47 bits per heavy atom. The number of carbonyl (C=O) groups is 2. The van der Waals surface area contributed by atoms with Gasteiger partial charge >= 0.3 is 5.97 Å². The molecular formula is C12H12N4O3. The fraction of sp³-hybridized carbons (Fsp3) is 0.333. The maximum absolute atomic E-state index is 12.0. The maximum Gasteiger partial charge on any atom is 0.338 e. The molecule has 0 spiro atoms. The first kappa shape index (κ1) is 11.6. The minimum Gasteiger partial charge on any atom is -0.478 e. The molecule has 0 bridgehead atoms. The summed E-state index contributed by atoms with van der Waals surface area (Å²) in [5.74, 6) is -1.07. The third kappa shape index (κ3) is 1.66. The van der Waals surface area contributed by atoms with Crippen molar-refractivity contribution in [3.8, 4) is 0 Å². The number of rotatable bonds is 2. The number of carboxylic acids is 1. The molecule has 1 fully saturated rings. The molecule has 1 aliphatic heterocycles.